The number of thiocarbonyl (C=S) groups is 1. The van der Waals surface area contributed by atoms with Crippen LogP contribution in [-0.4, -0.2) is 30.3 Å². The van der Waals surface area contributed by atoms with Gasteiger partial charge in [-0.05, 0) is 18.6 Å². The normalized spacial score (nSPS) is 11.5. The molecule has 0 heterocycles. The van der Waals surface area contributed by atoms with E-state index in [1.54, 1.807) is 0 Å². The number of nitrogens with zero attached hydrogens (tertiary/aromatic N) is 1. The van der Waals surface area contributed by atoms with Gasteiger partial charge in [-0.1, -0.05) is 31.7 Å². The third-order valence-electron chi connectivity index (χ3n) is 2.50. The summed E-state index contributed by atoms with van der Waals surface area (Å²) in [6.45, 7) is 5.99. The highest BCUT2D eigenvalue weighted by Gasteiger charge is 2.16. The third-order valence-corrected chi connectivity index (χ3v) is 2.68. The van der Waals surface area contributed by atoms with Crippen molar-refractivity contribution >= 4 is 17.5 Å². The molecule has 4 heteroatoms. The van der Waals surface area contributed by atoms with E-state index in [1.165, 1.54) is 0 Å². The van der Waals surface area contributed by atoms with E-state index in [1.807, 2.05) is 56.3 Å². The molecule has 0 saturated heterocycles. The van der Waals surface area contributed by atoms with Crippen LogP contribution in [0.3, 0.4) is 0 Å². The summed E-state index contributed by atoms with van der Waals surface area (Å²) < 4.78 is 11.0. The van der Waals surface area contributed by atoms with Gasteiger partial charge >= 0.3 is 5.24 Å². The van der Waals surface area contributed by atoms with Gasteiger partial charge in [0.2, 0.25) is 0 Å². The van der Waals surface area contributed by atoms with Crippen molar-refractivity contribution in [3.05, 3.63) is 42.6 Å². The van der Waals surface area contributed by atoms with Crippen molar-refractivity contribution < 1.29 is 9.47 Å². The van der Waals surface area contributed by atoms with Crippen molar-refractivity contribution in [2.24, 2.45) is 0 Å². The number of hydrogen-bond acceptors (Lipinski definition) is 4. The monoisotopic (exact) mass is 265 g/mol. The largest absolute Gasteiger partial charge is 0.447 e. The minimum Gasteiger partial charge on any atom is -0.447 e. The third kappa shape index (κ3) is 4.37. The summed E-state index contributed by atoms with van der Waals surface area (Å²) in [7, 11) is 3.85. The highest BCUT2D eigenvalue weighted by atomic mass is 32.1. The Morgan fingerprint density at radius 3 is 2.44 bits per heavy atom. The Balaban J connectivity index is 2.55. The molecule has 0 spiro atoms. The van der Waals surface area contributed by atoms with Crippen LogP contribution in [0, 0.1) is 0 Å². The minimum absolute atomic E-state index is 0.121. The molecular weight excluding hydrogens is 246 g/mol. The zero-order valence-corrected chi connectivity index (χ0v) is 11.9. The minimum atomic E-state index is -0.156. The van der Waals surface area contributed by atoms with Gasteiger partial charge in [-0.3, -0.25) is 0 Å². The maximum absolute atomic E-state index is 5.59. The molecular formula is C14H19NO2S. The van der Waals surface area contributed by atoms with Crippen LogP contribution in [0.5, 0.6) is 5.75 Å². The van der Waals surface area contributed by atoms with Crippen LogP contribution in [0.15, 0.2) is 42.6 Å². The van der Waals surface area contributed by atoms with E-state index < -0.39 is 0 Å². The Morgan fingerprint density at radius 2 is 1.94 bits per heavy atom. The maximum atomic E-state index is 5.59. The summed E-state index contributed by atoms with van der Waals surface area (Å²) in [4.78, 5) is 1.92. The Bertz CT molecular complexity index is 404. The van der Waals surface area contributed by atoms with Crippen molar-refractivity contribution in [2.75, 3.05) is 14.1 Å². The molecule has 18 heavy (non-hydrogen) atoms. The predicted octanol–water partition coefficient (Wildman–Crippen LogP) is 3.22. The number of rotatable bonds is 5. The van der Waals surface area contributed by atoms with E-state index in [2.05, 4.69) is 6.58 Å². The van der Waals surface area contributed by atoms with E-state index in [-0.39, 0.29) is 11.3 Å². The number of hydrogen-bond donors (Lipinski definition) is 0. The fourth-order valence-corrected chi connectivity index (χ4v) is 1.61. The number of likely N-dealkylation sites (N-methyl/N-ethyl adjacent to an activating group) is 1. The van der Waals surface area contributed by atoms with Gasteiger partial charge in [-0.25, -0.2) is 0 Å². The average molecular weight is 265 g/mol. The van der Waals surface area contributed by atoms with Crippen molar-refractivity contribution in [1.82, 2.24) is 4.90 Å². The lowest BCUT2D eigenvalue weighted by molar-refractivity contribution is 0.158. The zero-order valence-electron chi connectivity index (χ0n) is 11.1. The zero-order chi connectivity index (χ0) is 13.5. The quantitative estimate of drug-likeness (QED) is 0.762. The second-order valence-corrected chi connectivity index (χ2v) is 4.40. The first kappa shape index (κ1) is 14.5. The number of ether oxygens (including phenoxy) is 2. The van der Waals surface area contributed by atoms with Gasteiger partial charge in [-0.15, -0.1) is 0 Å². The van der Waals surface area contributed by atoms with Crippen molar-refractivity contribution in [1.29, 1.82) is 0 Å². The van der Waals surface area contributed by atoms with Gasteiger partial charge < -0.3 is 14.4 Å². The molecule has 3 nitrogen and oxygen atoms in total. The van der Waals surface area contributed by atoms with Gasteiger partial charge in [0, 0.05) is 32.0 Å². The fourth-order valence-electron chi connectivity index (χ4n) is 1.40. The fraction of sp³-hybridized carbons (Fsp3) is 0.357. The Hall–Kier alpha value is -1.55. The van der Waals surface area contributed by atoms with Gasteiger partial charge in [0.15, 0.2) is 0 Å². The van der Waals surface area contributed by atoms with E-state index in [4.69, 9.17) is 21.7 Å². The first-order valence-electron chi connectivity index (χ1n) is 5.84. The molecule has 98 valence electrons. The number of para-hydroxylation sites is 1. The standard InChI is InChI=1S/C14H19NO2S/c1-5-13(11(2)15(3)4)17-14(18)16-12-9-7-6-8-10-12/h6-10,13H,2,5H2,1,3-4H3. The molecule has 0 aliphatic carbocycles. The first-order valence-corrected chi connectivity index (χ1v) is 6.25. The van der Waals surface area contributed by atoms with Crippen LogP contribution >= 0.6 is 12.2 Å². The lowest BCUT2D eigenvalue weighted by Gasteiger charge is -2.24. The molecule has 0 amide bonds. The Labute approximate surface area is 114 Å². The van der Waals surface area contributed by atoms with E-state index >= 15 is 0 Å². The highest BCUT2D eigenvalue weighted by molar-refractivity contribution is 7.79. The van der Waals surface area contributed by atoms with Crippen molar-refractivity contribution in [3.63, 3.8) is 0 Å². The molecule has 0 aliphatic rings. The average Bonchev–Trinajstić information content (AvgIpc) is 2.36. The SMILES string of the molecule is C=C(C(CC)OC(=S)Oc1ccccc1)N(C)C. The van der Waals surface area contributed by atoms with Crippen molar-refractivity contribution in [2.45, 2.75) is 19.4 Å². The topological polar surface area (TPSA) is 21.7 Å². The maximum Gasteiger partial charge on any atom is 0.358 e. The summed E-state index contributed by atoms with van der Waals surface area (Å²) >= 11 is 5.08. The molecule has 0 saturated carbocycles. The summed E-state index contributed by atoms with van der Waals surface area (Å²) in [5, 5.41) is 0.121. The van der Waals surface area contributed by atoms with Crippen LogP contribution < -0.4 is 4.74 Å². The second kappa shape index (κ2) is 7.01. The summed E-state index contributed by atoms with van der Waals surface area (Å²) in [6.07, 6.45) is 0.631. The Morgan fingerprint density at radius 1 is 1.33 bits per heavy atom. The molecule has 1 aromatic rings. The molecule has 0 aliphatic heterocycles. The van der Waals surface area contributed by atoms with Crippen LogP contribution in [-0.2, 0) is 4.74 Å². The van der Waals surface area contributed by atoms with Crippen LogP contribution in [0.1, 0.15) is 13.3 Å². The lowest BCUT2D eigenvalue weighted by Crippen LogP contribution is -2.28. The van der Waals surface area contributed by atoms with Gasteiger partial charge in [-0.2, -0.15) is 0 Å². The molecule has 0 fully saturated rings. The van der Waals surface area contributed by atoms with Crippen LogP contribution in [0.4, 0.5) is 0 Å². The van der Waals surface area contributed by atoms with Crippen LogP contribution in [0.25, 0.3) is 0 Å². The Kier molecular flexibility index (Phi) is 5.65. The molecule has 0 aromatic heterocycles. The highest BCUT2D eigenvalue weighted by Crippen LogP contribution is 2.14. The lowest BCUT2D eigenvalue weighted by atomic mass is 10.2. The summed E-state index contributed by atoms with van der Waals surface area (Å²) in [5.41, 5.74) is 0.872. The van der Waals surface area contributed by atoms with Gasteiger partial charge in [0.1, 0.15) is 11.9 Å². The van der Waals surface area contributed by atoms with Gasteiger partial charge in [0.05, 0.1) is 0 Å². The van der Waals surface area contributed by atoms with E-state index in [9.17, 15) is 0 Å². The van der Waals surface area contributed by atoms with E-state index in [0.717, 1.165) is 12.1 Å². The smallest absolute Gasteiger partial charge is 0.358 e. The van der Waals surface area contributed by atoms with Gasteiger partial charge in [0.25, 0.3) is 0 Å². The summed E-state index contributed by atoms with van der Waals surface area (Å²) in [6, 6.07) is 9.34. The first-order chi connectivity index (χ1) is 8.54. The van der Waals surface area contributed by atoms with Crippen LogP contribution in [0.2, 0.25) is 0 Å². The molecule has 1 aromatic carbocycles. The van der Waals surface area contributed by atoms with Crippen molar-refractivity contribution in [3.8, 4) is 5.75 Å². The molecule has 1 unspecified atom stereocenters. The molecule has 0 radical (unpaired) electrons. The number of benzene rings is 1. The second-order valence-electron chi connectivity index (χ2n) is 4.07. The predicted molar refractivity (Wildman–Crippen MR) is 77.7 cm³/mol. The molecule has 0 N–H and O–H groups in total. The summed E-state index contributed by atoms with van der Waals surface area (Å²) in [5.74, 6) is 0.674. The van der Waals surface area contributed by atoms with E-state index in [0.29, 0.717) is 5.75 Å². The molecule has 1 rings (SSSR count). The molecule has 0 bridgehead atoms. The molecule has 1 atom stereocenters.